The Morgan fingerprint density at radius 3 is 2.15 bits per heavy atom. The van der Waals surface area contributed by atoms with Gasteiger partial charge in [-0.15, -0.1) is 0 Å². The Morgan fingerprint density at radius 2 is 1.58 bits per heavy atom. The highest BCUT2D eigenvalue weighted by Gasteiger charge is 2.53. The first-order valence-corrected chi connectivity index (χ1v) is 10.7. The zero-order valence-corrected chi connectivity index (χ0v) is 19.0. The van der Waals surface area contributed by atoms with Crippen LogP contribution in [0.4, 0.5) is 0 Å². The average molecular weight is 454 g/mol. The van der Waals surface area contributed by atoms with Crippen LogP contribution in [-0.4, -0.2) is 40.7 Å². The Kier molecular flexibility index (Phi) is 5.23. The van der Waals surface area contributed by atoms with Gasteiger partial charge in [-0.1, -0.05) is 6.58 Å². The topological polar surface area (TPSA) is 81.7 Å². The first-order chi connectivity index (χ1) is 16.0. The third kappa shape index (κ3) is 3.32. The third-order valence-corrected chi connectivity index (χ3v) is 6.50. The van der Waals surface area contributed by atoms with Crippen LogP contribution >= 0.6 is 0 Å². The van der Waals surface area contributed by atoms with Gasteiger partial charge in [0.15, 0.2) is 23.0 Å². The van der Waals surface area contributed by atoms with Gasteiger partial charge >= 0.3 is 5.97 Å². The fraction of sp³-hybridized carbons (Fsp3) is 0.400. The van der Waals surface area contributed by atoms with Crippen molar-refractivity contribution in [3.63, 3.8) is 0 Å². The predicted octanol–water partition coefficient (Wildman–Crippen LogP) is 3.97. The fourth-order valence-electron chi connectivity index (χ4n) is 5.18. The van der Waals surface area contributed by atoms with Crippen molar-refractivity contribution in [2.75, 3.05) is 34.7 Å². The molecule has 33 heavy (non-hydrogen) atoms. The quantitative estimate of drug-likeness (QED) is 0.479. The molecule has 0 bridgehead atoms. The van der Waals surface area contributed by atoms with E-state index >= 15 is 0 Å². The van der Waals surface area contributed by atoms with Crippen LogP contribution in [0.5, 0.6) is 28.7 Å². The lowest BCUT2D eigenvalue weighted by Gasteiger charge is -2.39. The monoisotopic (exact) mass is 454 g/mol. The molecule has 0 saturated carbocycles. The van der Waals surface area contributed by atoms with Crippen molar-refractivity contribution in [2.24, 2.45) is 11.8 Å². The molecule has 4 unspecified atom stereocenters. The number of rotatable bonds is 6. The standard InChI is InChI=1S/C25H26O8/c1-12(2)33-23-15-9-18-17(31-11-32-18)8-14(15)21(16-10-30-25(26)22(16)23)13-6-19(27-3)24(29-5)20(7-13)28-4/h6-9,16,21-23H,1,10-11H2,2-5H3. The number of esters is 1. The maximum absolute atomic E-state index is 12.9. The fourth-order valence-corrected chi connectivity index (χ4v) is 5.18. The van der Waals surface area contributed by atoms with Crippen molar-refractivity contribution >= 4 is 5.97 Å². The summed E-state index contributed by atoms with van der Waals surface area (Å²) in [6, 6.07) is 7.71. The van der Waals surface area contributed by atoms with E-state index in [1.807, 2.05) is 24.3 Å². The van der Waals surface area contributed by atoms with Crippen molar-refractivity contribution in [1.29, 1.82) is 0 Å². The summed E-state index contributed by atoms with van der Waals surface area (Å²) >= 11 is 0. The van der Waals surface area contributed by atoms with Crippen LogP contribution in [0.3, 0.4) is 0 Å². The van der Waals surface area contributed by atoms with Gasteiger partial charge in [0.05, 0.1) is 33.7 Å². The molecule has 3 aliphatic rings. The number of hydrogen-bond donors (Lipinski definition) is 0. The first-order valence-electron chi connectivity index (χ1n) is 10.7. The van der Waals surface area contributed by atoms with Gasteiger partial charge in [0, 0.05) is 17.4 Å². The molecule has 4 atom stereocenters. The van der Waals surface area contributed by atoms with E-state index in [0.717, 1.165) is 16.7 Å². The second-order valence-corrected chi connectivity index (χ2v) is 8.33. The molecule has 2 heterocycles. The SMILES string of the molecule is C=C(C)OC1c2cc3c(cc2C(c2cc(OC)c(OC)c(OC)c2)C2COC(=O)C12)OCO3. The normalized spacial score (nSPS) is 24.4. The van der Waals surface area contributed by atoms with E-state index < -0.39 is 12.0 Å². The van der Waals surface area contributed by atoms with Gasteiger partial charge in [-0.3, -0.25) is 4.79 Å². The number of allylic oxidation sites excluding steroid dienone is 1. The van der Waals surface area contributed by atoms with E-state index in [-0.39, 0.29) is 31.2 Å². The van der Waals surface area contributed by atoms with Gasteiger partial charge in [-0.25, -0.2) is 0 Å². The number of carbonyl (C=O) groups is 1. The van der Waals surface area contributed by atoms with Crippen molar-refractivity contribution in [1.82, 2.24) is 0 Å². The van der Waals surface area contributed by atoms with Crippen LogP contribution in [0.15, 0.2) is 36.6 Å². The third-order valence-electron chi connectivity index (χ3n) is 6.50. The van der Waals surface area contributed by atoms with E-state index in [1.54, 1.807) is 28.3 Å². The molecule has 8 nitrogen and oxygen atoms in total. The molecular formula is C25H26O8. The number of hydrogen-bond acceptors (Lipinski definition) is 8. The van der Waals surface area contributed by atoms with E-state index in [1.165, 1.54) is 0 Å². The molecular weight excluding hydrogens is 428 g/mol. The molecule has 0 spiro atoms. The molecule has 0 radical (unpaired) electrons. The molecule has 1 aliphatic carbocycles. The number of carbonyl (C=O) groups excluding carboxylic acids is 1. The summed E-state index contributed by atoms with van der Waals surface area (Å²) in [4.78, 5) is 12.9. The lowest BCUT2D eigenvalue weighted by molar-refractivity contribution is -0.145. The van der Waals surface area contributed by atoms with Crippen LogP contribution in [0, 0.1) is 11.8 Å². The van der Waals surface area contributed by atoms with Gasteiger partial charge in [0.25, 0.3) is 0 Å². The number of fused-ring (bicyclic) bond motifs is 3. The largest absolute Gasteiger partial charge is 0.493 e. The molecule has 5 rings (SSSR count). The summed E-state index contributed by atoms with van der Waals surface area (Å²) in [7, 11) is 4.72. The lowest BCUT2D eigenvalue weighted by atomic mass is 9.66. The Labute approximate surface area is 191 Å². The molecule has 1 fully saturated rings. The molecule has 2 aliphatic heterocycles. The van der Waals surface area contributed by atoms with Gasteiger partial charge in [0.2, 0.25) is 12.5 Å². The second-order valence-electron chi connectivity index (χ2n) is 8.33. The number of methoxy groups -OCH3 is 3. The molecule has 0 amide bonds. The molecule has 174 valence electrons. The smallest absolute Gasteiger partial charge is 0.313 e. The summed E-state index contributed by atoms with van der Waals surface area (Å²) in [5.74, 6) is 2.22. The van der Waals surface area contributed by atoms with Crippen LogP contribution in [0.1, 0.15) is 35.6 Å². The van der Waals surface area contributed by atoms with Gasteiger partial charge < -0.3 is 33.2 Å². The average Bonchev–Trinajstić information content (AvgIpc) is 3.42. The summed E-state index contributed by atoms with van der Waals surface area (Å²) < 4.78 is 39.7. The Bertz CT molecular complexity index is 1100. The lowest BCUT2D eigenvalue weighted by Crippen LogP contribution is -2.35. The summed E-state index contributed by atoms with van der Waals surface area (Å²) in [5, 5.41) is 0. The highest BCUT2D eigenvalue weighted by molar-refractivity contribution is 5.78. The Morgan fingerprint density at radius 1 is 0.939 bits per heavy atom. The second kappa shape index (κ2) is 8.10. The van der Waals surface area contributed by atoms with Crippen LogP contribution in [0.25, 0.3) is 0 Å². The number of cyclic esters (lactones) is 1. The van der Waals surface area contributed by atoms with Crippen LogP contribution in [0.2, 0.25) is 0 Å². The number of benzene rings is 2. The molecule has 8 heteroatoms. The van der Waals surface area contributed by atoms with E-state index in [0.29, 0.717) is 34.5 Å². The molecule has 2 aromatic rings. The maximum Gasteiger partial charge on any atom is 0.313 e. The Hall–Kier alpha value is -3.55. The first kappa shape index (κ1) is 21.3. The summed E-state index contributed by atoms with van der Waals surface area (Å²) in [6.45, 7) is 6.09. The van der Waals surface area contributed by atoms with Gasteiger partial charge in [-0.05, 0) is 42.3 Å². The van der Waals surface area contributed by atoms with Crippen molar-refractivity contribution in [3.05, 3.63) is 53.3 Å². The molecule has 0 aromatic heterocycles. The zero-order chi connectivity index (χ0) is 23.3. The van der Waals surface area contributed by atoms with Crippen molar-refractivity contribution in [2.45, 2.75) is 18.9 Å². The van der Waals surface area contributed by atoms with Crippen LogP contribution < -0.4 is 23.7 Å². The highest BCUT2D eigenvalue weighted by Crippen LogP contribution is 2.56. The van der Waals surface area contributed by atoms with E-state index in [4.69, 9.17) is 33.2 Å². The molecule has 1 saturated heterocycles. The van der Waals surface area contributed by atoms with Crippen molar-refractivity contribution < 1.29 is 38.0 Å². The Balaban J connectivity index is 1.74. The van der Waals surface area contributed by atoms with Crippen LogP contribution in [-0.2, 0) is 14.3 Å². The summed E-state index contributed by atoms with van der Waals surface area (Å²) in [5.41, 5.74) is 2.73. The van der Waals surface area contributed by atoms with E-state index in [9.17, 15) is 4.79 Å². The maximum atomic E-state index is 12.9. The summed E-state index contributed by atoms with van der Waals surface area (Å²) in [6.07, 6.45) is -0.537. The van der Waals surface area contributed by atoms with E-state index in [2.05, 4.69) is 6.58 Å². The molecule has 0 N–H and O–H groups in total. The zero-order valence-electron chi connectivity index (χ0n) is 19.0. The van der Waals surface area contributed by atoms with Gasteiger partial charge in [0.1, 0.15) is 12.0 Å². The minimum Gasteiger partial charge on any atom is -0.493 e. The number of ether oxygens (including phenoxy) is 7. The minimum absolute atomic E-state index is 0.147. The predicted molar refractivity (Wildman–Crippen MR) is 117 cm³/mol. The molecule has 2 aromatic carbocycles. The highest BCUT2D eigenvalue weighted by atomic mass is 16.7. The van der Waals surface area contributed by atoms with Gasteiger partial charge in [-0.2, -0.15) is 0 Å². The minimum atomic E-state index is -0.537. The van der Waals surface area contributed by atoms with Crippen molar-refractivity contribution in [3.8, 4) is 28.7 Å².